The summed E-state index contributed by atoms with van der Waals surface area (Å²) < 4.78 is 28.0. The Hall–Kier alpha value is -3.93. The highest BCUT2D eigenvalue weighted by Crippen LogP contribution is 2.40. The Morgan fingerprint density at radius 2 is 1.55 bits per heavy atom. The minimum absolute atomic E-state index is 0.102. The zero-order valence-electron chi connectivity index (χ0n) is 15.5. The Balaban J connectivity index is 1.99. The normalized spacial score (nSPS) is 12.0. The zero-order chi connectivity index (χ0) is 22.2. The molecule has 156 valence electrons. The van der Waals surface area contributed by atoms with Gasteiger partial charge in [0, 0.05) is 22.9 Å². The Morgan fingerprint density at radius 1 is 0.871 bits per heavy atom. The summed E-state index contributed by atoms with van der Waals surface area (Å²) in [6, 6.07) is 16.4. The molecule has 0 aromatic heterocycles. The molecule has 4 aromatic rings. The molecule has 0 aliphatic carbocycles. The lowest BCUT2D eigenvalue weighted by Crippen LogP contribution is -2.03. The van der Waals surface area contributed by atoms with Gasteiger partial charge in [-0.3, -0.25) is 10.1 Å². The lowest BCUT2D eigenvalue weighted by molar-refractivity contribution is -0.384. The van der Waals surface area contributed by atoms with Gasteiger partial charge >= 0.3 is 10.1 Å². The molecule has 0 radical (unpaired) electrons. The molecular formula is C20H13N3O7S. The third-order valence-corrected chi connectivity index (χ3v) is 5.71. The predicted molar refractivity (Wildman–Crippen MR) is 111 cm³/mol. The van der Waals surface area contributed by atoms with E-state index in [4.69, 9.17) is 5.26 Å². The molecule has 0 atom stereocenters. The van der Waals surface area contributed by atoms with E-state index >= 15 is 0 Å². The van der Waals surface area contributed by atoms with Gasteiger partial charge in [-0.1, -0.05) is 36.4 Å². The third kappa shape index (κ3) is 3.68. The number of azo groups is 1. The van der Waals surface area contributed by atoms with Crippen molar-refractivity contribution in [3.63, 3.8) is 0 Å². The third-order valence-electron chi connectivity index (χ3n) is 4.65. The average Bonchev–Trinajstić information content (AvgIpc) is 2.77. The van der Waals surface area contributed by atoms with E-state index in [0.29, 0.717) is 10.8 Å². The quantitative estimate of drug-likeness (QED) is 0.188. The largest absolute Gasteiger partial charge is 0.506 e. The van der Waals surface area contributed by atoms with Crippen molar-refractivity contribution in [3.8, 4) is 5.75 Å². The van der Waals surface area contributed by atoms with Crippen LogP contribution in [0.1, 0.15) is 0 Å². The summed E-state index contributed by atoms with van der Waals surface area (Å²) in [5, 5.41) is 40.1. The molecule has 11 heteroatoms. The number of fused-ring (bicyclic) bond motifs is 2. The number of hydrogen-bond donors (Lipinski definition) is 2. The molecule has 0 fully saturated rings. The topological polar surface area (TPSA) is 152 Å². The first-order chi connectivity index (χ1) is 14.8. The molecular weight excluding hydrogens is 426 g/mol. The van der Waals surface area contributed by atoms with Crippen molar-refractivity contribution >= 4 is 48.7 Å². The molecule has 4 rings (SSSR count). The van der Waals surface area contributed by atoms with Gasteiger partial charge in [0.25, 0.3) is 5.69 Å². The van der Waals surface area contributed by atoms with E-state index in [9.17, 15) is 23.6 Å². The zero-order valence-corrected chi connectivity index (χ0v) is 16.4. The van der Waals surface area contributed by atoms with Crippen molar-refractivity contribution in [2.75, 3.05) is 0 Å². The predicted octanol–water partition coefficient (Wildman–Crippen LogP) is 5.20. The molecule has 2 N–H and O–H groups in total. The number of rotatable bonds is 5. The summed E-state index contributed by atoms with van der Waals surface area (Å²) in [7, 11) is -4.60. The molecule has 0 unspecified atom stereocenters. The van der Waals surface area contributed by atoms with E-state index in [0.717, 1.165) is 11.5 Å². The Morgan fingerprint density at radius 3 is 2.29 bits per heavy atom. The second-order valence-corrected chi connectivity index (χ2v) is 7.96. The van der Waals surface area contributed by atoms with Crippen molar-refractivity contribution < 1.29 is 28.0 Å². The first kappa shape index (κ1) is 20.3. The maximum absolute atomic E-state index is 12.2. The number of hydrogen-bond acceptors (Lipinski definition) is 9. The molecule has 0 aliphatic rings. The van der Waals surface area contributed by atoms with Crippen LogP contribution in [0, 0.1) is 10.1 Å². The fourth-order valence-corrected chi connectivity index (χ4v) is 3.89. The number of phenols is 1. The molecule has 0 saturated carbocycles. The number of aromatic hydroxyl groups is 1. The number of phenolic OH excluding ortho intramolecular Hbond substituents is 1. The minimum Gasteiger partial charge on any atom is -0.506 e. The standard InChI is InChI=1S/C20H13N3O7S/c24-17-9-5-12-3-1-2-4-15(12)19(17)21-22-20-16-8-7-14(23(25)26)11-13(16)6-10-18(20)31(28,29)30-27/h1-11,24,27H. The summed E-state index contributed by atoms with van der Waals surface area (Å²) in [4.78, 5) is 9.97. The molecule has 4 aromatic carbocycles. The smallest absolute Gasteiger partial charge is 0.325 e. The van der Waals surface area contributed by atoms with Gasteiger partial charge in [-0.05, 0) is 29.0 Å². The Bertz CT molecular complexity index is 1480. The first-order valence-electron chi connectivity index (χ1n) is 8.73. The van der Waals surface area contributed by atoms with E-state index in [-0.39, 0.29) is 28.2 Å². The highest BCUT2D eigenvalue weighted by atomic mass is 32.2. The molecule has 0 heterocycles. The van der Waals surface area contributed by atoms with Gasteiger partial charge in [0.05, 0.1) is 4.92 Å². The molecule has 0 saturated heterocycles. The van der Waals surface area contributed by atoms with Crippen LogP contribution in [0.4, 0.5) is 17.1 Å². The van der Waals surface area contributed by atoms with Gasteiger partial charge < -0.3 is 5.11 Å². The van der Waals surface area contributed by atoms with E-state index in [1.54, 1.807) is 30.3 Å². The van der Waals surface area contributed by atoms with Crippen LogP contribution in [-0.2, 0) is 14.5 Å². The molecule has 0 aliphatic heterocycles. The monoisotopic (exact) mass is 439 g/mol. The molecule has 0 spiro atoms. The van der Waals surface area contributed by atoms with Gasteiger partial charge in [0.1, 0.15) is 22.0 Å². The van der Waals surface area contributed by atoms with Crippen LogP contribution in [0.15, 0.2) is 81.9 Å². The maximum Gasteiger partial charge on any atom is 0.325 e. The van der Waals surface area contributed by atoms with E-state index in [2.05, 4.69) is 14.6 Å². The van der Waals surface area contributed by atoms with E-state index < -0.39 is 19.9 Å². The first-order valence-corrected chi connectivity index (χ1v) is 10.1. The van der Waals surface area contributed by atoms with Crippen LogP contribution in [0.5, 0.6) is 5.75 Å². The van der Waals surface area contributed by atoms with E-state index in [1.165, 1.54) is 30.3 Å². The SMILES string of the molecule is O=[N+]([O-])c1ccc2c(N=Nc3c(O)ccc4ccccc34)c(S(=O)(=O)OO)ccc2c1. The maximum atomic E-state index is 12.2. The van der Waals surface area contributed by atoms with Gasteiger partial charge in [-0.25, -0.2) is 5.26 Å². The summed E-state index contributed by atoms with van der Waals surface area (Å²) in [5.74, 6) is -0.180. The van der Waals surface area contributed by atoms with E-state index in [1.807, 2.05) is 0 Å². The van der Waals surface area contributed by atoms with Crippen LogP contribution in [0.25, 0.3) is 21.5 Å². The van der Waals surface area contributed by atoms with Crippen LogP contribution in [0.2, 0.25) is 0 Å². The fraction of sp³-hybridized carbons (Fsp3) is 0. The number of benzene rings is 4. The highest BCUT2D eigenvalue weighted by molar-refractivity contribution is 7.86. The van der Waals surface area contributed by atoms with Crippen molar-refractivity contribution in [3.05, 3.63) is 76.8 Å². The van der Waals surface area contributed by atoms with Gasteiger partial charge in [-0.15, -0.1) is 14.6 Å². The lowest BCUT2D eigenvalue weighted by atomic mass is 10.1. The highest BCUT2D eigenvalue weighted by Gasteiger charge is 2.23. The Kier molecular flexibility index (Phi) is 5.07. The van der Waals surface area contributed by atoms with Crippen LogP contribution >= 0.6 is 0 Å². The second kappa shape index (κ2) is 7.72. The van der Waals surface area contributed by atoms with Gasteiger partial charge in [0.15, 0.2) is 0 Å². The molecule has 10 nitrogen and oxygen atoms in total. The summed E-state index contributed by atoms with van der Waals surface area (Å²) in [6.07, 6.45) is 0. The number of nitrogens with zero attached hydrogens (tertiary/aromatic N) is 3. The molecule has 0 bridgehead atoms. The number of non-ortho nitro benzene ring substituents is 1. The van der Waals surface area contributed by atoms with Crippen LogP contribution < -0.4 is 0 Å². The molecule has 31 heavy (non-hydrogen) atoms. The van der Waals surface area contributed by atoms with Crippen molar-refractivity contribution in [1.82, 2.24) is 0 Å². The van der Waals surface area contributed by atoms with Crippen molar-refractivity contribution in [2.45, 2.75) is 4.90 Å². The second-order valence-electron chi connectivity index (χ2n) is 6.46. The average molecular weight is 439 g/mol. The van der Waals surface area contributed by atoms with Crippen molar-refractivity contribution in [1.29, 1.82) is 0 Å². The number of nitro groups is 1. The minimum atomic E-state index is -4.60. The lowest BCUT2D eigenvalue weighted by Gasteiger charge is -2.08. The summed E-state index contributed by atoms with van der Waals surface area (Å²) in [5.41, 5.74) is -0.310. The van der Waals surface area contributed by atoms with Crippen LogP contribution in [-0.4, -0.2) is 23.7 Å². The Labute approximate surface area is 174 Å². The van der Waals surface area contributed by atoms with Gasteiger partial charge in [0.2, 0.25) is 0 Å². The fourth-order valence-electron chi connectivity index (χ4n) is 3.19. The van der Waals surface area contributed by atoms with Crippen LogP contribution in [0.3, 0.4) is 0 Å². The summed E-state index contributed by atoms with van der Waals surface area (Å²) >= 11 is 0. The molecule has 0 amide bonds. The van der Waals surface area contributed by atoms with Crippen molar-refractivity contribution in [2.24, 2.45) is 10.2 Å². The van der Waals surface area contributed by atoms with Gasteiger partial charge in [-0.2, -0.15) is 8.42 Å². The number of nitro benzene ring substituents is 1. The summed E-state index contributed by atoms with van der Waals surface area (Å²) in [6.45, 7) is 0.